The molecule has 0 saturated heterocycles. The molecule has 0 N–H and O–H groups in total. The smallest absolute Gasteiger partial charge is 0.372 e. The van der Waals surface area contributed by atoms with Gasteiger partial charge in [-0.1, -0.05) is 35.9 Å². The number of pyridine rings is 1. The van der Waals surface area contributed by atoms with Crippen LogP contribution in [0.25, 0.3) is 10.9 Å². The molecule has 3 aromatic carbocycles. The lowest BCUT2D eigenvalue weighted by atomic mass is 10.2. The summed E-state index contributed by atoms with van der Waals surface area (Å²) in [7, 11) is -4.59. The Bertz CT molecular complexity index is 1190. The number of nitrogens with zero attached hydrogens (tertiary/aromatic N) is 1. The molecule has 1 atom stereocenters. The van der Waals surface area contributed by atoms with Crippen LogP contribution in [-0.2, 0) is 11.1 Å². The summed E-state index contributed by atoms with van der Waals surface area (Å²) in [6.07, 6.45) is 1.98. The standard InChI is InChI=1S/C22H17ClNO4P/c23-19-10-12-20(13-11-19)27-29(25,26)28-21-8-3-5-17(15-21)16-24-14-4-7-18-6-1-2-9-22(18)24/h1-15H,16H2. The lowest BCUT2D eigenvalue weighted by Gasteiger charge is -2.23. The molecule has 29 heavy (non-hydrogen) atoms. The van der Waals surface area contributed by atoms with Gasteiger partial charge in [0.2, 0.25) is 5.52 Å². The Labute approximate surface area is 173 Å². The van der Waals surface area contributed by atoms with Crippen molar-refractivity contribution in [1.82, 2.24) is 0 Å². The molecule has 1 unspecified atom stereocenters. The molecule has 4 aromatic rings. The fourth-order valence-electron chi connectivity index (χ4n) is 3.03. The normalized spacial score (nSPS) is 13.0. The third-order valence-electron chi connectivity index (χ3n) is 4.29. The second kappa shape index (κ2) is 8.26. The minimum Gasteiger partial charge on any atom is -0.736 e. The number of rotatable bonds is 6. The Kier molecular flexibility index (Phi) is 5.54. The Morgan fingerprint density at radius 1 is 0.862 bits per heavy atom. The zero-order valence-electron chi connectivity index (χ0n) is 15.3. The number of halogens is 1. The van der Waals surface area contributed by atoms with E-state index >= 15 is 0 Å². The predicted octanol–water partition coefficient (Wildman–Crippen LogP) is 4.76. The van der Waals surface area contributed by atoms with E-state index in [2.05, 4.69) is 4.57 Å². The predicted molar refractivity (Wildman–Crippen MR) is 110 cm³/mol. The van der Waals surface area contributed by atoms with E-state index in [4.69, 9.17) is 20.6 Å². The van der Waals surface area contributed by atoms with Crippen LogP contribution in [0.4, 0.5) is 0 Å². The zero-order valence-corrected chi connectivity index (χ0v) is 16.9. The number of benzene rings is 3. The van der Waals surface area contributed by atoms with Gasteiger partial charge in [0.15, 0.2) is 12.7 Å². The third-order valence-corrected chi connectivity index (χ3v) is 5.41. The highest BCUT2D eigenvalue weighted by Gasteiger charge is 2.15. The van der Waals surface area contributed by atoms with E-state index in [0.717, 1.165) is 16.5 Å². The molecule has 1 aromatic heterocycles. The van der Waals surface area contributed by atoms with E-state index in [1.807, 2.05) is 48.7 Å². The van der Waals surface area contributed by atoms with Crippen molar-refractivity contribution in [3.63, 3.8) is 0 Å². The lowest BCUT2D eigenvalue weighted by Crippen LogP contribution is -2.34. The molecule has 0 aliphatic heterocycles. The highest BCUT2D eigenvalue weighted by molar-refractivity contribution is 7.46. The molecule has 0 fully saturated rings. The second-order valence-corrected chi connectivity index (χ2v) is 8.12. The number of hydrogen-bond acceptors (Lipinski definition) is 4. The van der Waals surface area contributed by atoms with Crippen molar-refractivity contribution in [2.45, 2.75) is 6.54 Å². The maximum absolute atomic E-state index is 12.2. The van der Waals surface area contributed by atoms with Crippen molar-refractivity contribution in [3.8, 4) is 11.5 Å². The lowest BCUT2D eigenvalue weighted by molar-refractivity contribution is -0.662. The fraction of sp³-hybridized carbons (Fsp3) is 0.0455. The molecule has 0 aliphatic rings. The van der Waals surface area contributed by atoms with Crippen LogP contribution in [0.2, 0.25) is 5.02 Å². The topological polar surface area (TPSA) is 62.5 Å². The van der Waals surface area contributed by atoms with E-state index in [0.29, 0.717) is 11.6 Å². The summed E-state index contributed by atoms with van der Waals surface area (Å²) in [5.41, 5.74) is 1.98. The highest BCUT2D eigenvalue weighted by atomic mass is 35.5. The summed E-state index contributed by atoms with van der Waals surface area (Å²) in [6.45, 7) is 0.569. The van der Waals surface area contributed by atoms with Gasteiger partial charge in [-0.25, -0.2) is 4.57 Å². The molecule has 4 rings (SSSR count). The van der Waals surface area contributed by atoms with E-state index in [1.165, 1.54) is 12.1 Å². The van der Waals surface area contributed by atoms with Crippen molar-refractivity contribution >= 4 is 30.3 Å². The maximum atomic E-state index is 12.2. The van der Waals surface area contributed by atoms with E-state index in [9.17, 15) is 9.46 Å². The summed E-state index contributed by atoms with van der Waals surface area (Å²) in [5.74, 6) is 0.325. The molecule has 0 radical (unpaired) electrons. The minimum absolute atomic E-state index is 0.134. The van der Waals surface area contributed by atoms with Gasteiger partial charge in [0.05, 0.1) is 0 Å². The van der Waals surface area contributed by atoms with Crippen LogP contribution in [0.3, 0.4) is 0 Å². The zero-order chi connectivity index (χ0) is 20.3. The van der Waals surface area contributed by atoms with Gasteiger partial charge in [-0.15, -0.1) is 0 Å². The summed E-state index contributed by atoms with van der Waals surface area (Å²) in [5, 5.41) is 1.61. The second-order valence-electron chi connectivity index (χ2n) is 6.43. The van der Waals surface area contributed by atoms with Gasteiger partial charge in [0.1, 0.15) is 11.5 Å². The minimum atomic E-state index is -4.59. The SMILES string of the molecule is O=P([O-])(Oc1ccc(Cl)cc1)Oc1cccc(C[n+]2cccc3ccccc32)c1. The van der Waals surface area contributed by atoms with E-state index in [-0.39, 0.29) is 11.5 Å². The van der Waals surface area contributed by atoms with Gasteiger partial charge in [0, 0.05) is 28.1 Å². The molecule has 0 bridgehead atoms. The summed E-state index contributed by atoms with van der Waals surface area (Å²) in [4.78, 5) is 12.2. The number of phosphoric ester groups is 1. The van der Waals surface area contributed by atoms with Crippen molar-refractivity contribution < 1.29 is 23.1 Å². The molecule has 0 aliphatic carbocycles. The first-order valence-electron chi connectivity index (χ1n) is 8.90. The van der Waals surface area contributed by atoms with Crippen LogP contribution in [0.5, 0.6) is 11.5 Å². The van der Waals surface area contributed by atoms with Gasteiger partial charge in [-0.05, 0) is 48.5 Å². The molecule has 7 heteroatoms. The number of hydrogen-bond donors (Lipinski definition) is 0. The molecule has 1 heterocycles. The third kappa shape index (κ3) is 4.96. The van der Waals surface area contributed by atoms with Gasteiger partial charge in [0.25, 0.3) is 0 Å². The quantitative estimate of drug-likeness (QED) is 0.330. The number of para-hydroxylation sites is 1. The summed E-state index contributed by atoms with van der Waals surface area (Å²) in [6, 6.07) is 25.0. The largest absolute Gasteiger partial charge is 0.736 e. The summed E-state index contributed by atoms with van der Waals surface area (Å²) >= 11 is 5.80. The Morgan fingerprint density at radius 3 is 2.41 bits per heavy atom. The van der Waals surface area contributed by atoms with Crippen LogP contribution >= 0.6 is 19.4 Å². The van der Waals surface area contributed by atoms with E-state index < -0.39 is 7.82 Å². The Morgan fingerprint density at radius 2 is 1.59 bits per heavy atom. The van der Waals surface area contributed by atoms with Gasteiger partial charge >= 0.3 is 7.82 Å². The van der Waals surface area contributed by atoms with Crippen LogP contribution < -0.4 is 18.5 Å². The fourth-order valence-corrected chi connectivity index (χ4v) is 3.94. The van der Waals surface area contributed by atoms with Crippen LogP contribution in [0.15, 0.2) is 91.1 Å². The average molecular weight is 426 g/mol. The van der Waals surface area contributed by atoms with Crippen molar-refractivity contribution in [2.75, 3.05) is 0 Å². The molecular formula is C22H17ClNO4P. The first-order valence-corrected chi connectivity index (χ1v) is 10.7. The van der Waals surface area contributed by atoms with Crippen LogP contribution in [-0.4, -0.2) is 0 Å². The molecule has 0 saturated carbocycles. The van der Waals surface area contributed by atoms with Gasteiger partial charge < -0.3 is 13.9 Å². The Hall–Kier alpha value is -2.85. The van der Waals surface area contributed by atoms with Crippen molar-refractivity contribution in [1.29, 1.82) is 0 Å². The van der Waals surface area contributed by atoms with Crippen LogP contribution in [0, 0.1) is 0 Å². The van der Waals surface area contributed by atoms with E-state index in [1.54, 1.807) is 30.3 Å². The van der Waals surface area contributed by atoms with Gasteiger partial charge in [-0.2, -0.15) is 4.57 Å². The molecule has 5 nitrogen and oxygen atoms in total. The van der Waals surface area contributed by atoms with Crippen LogP contribution in [0.1, 0.15) is 5.56 Å². The molecule has 0 spiro atoms. The first-order chi connectivity index (χ1) is 14.0. The molecular weight excluding hydrogens is 409 g/mol. The number of aromatic nitrogens is 1. The molecule has 146 valence electrons. The Balaban J connectivity index is 1.52. The van der Waals surface area contributed by atoms with Crippen molar-refractivity contribution in [2.24, 2.45) is 0 Å². The first kappa shape index (κ1) is 19.5. The number of phosphoric acid groups is 1. The summed E-state index contributed by atoms with van der Waals surface area (Å²) < 4.78 is 24.5. The number of fused-ring (bicyclic) bond motifs is 1. The average Bonchev–Trinajstić information content (AvgIpc) is 2.70. The van der Waals surface area contributed by atoms with Gasteiger partial charge in [-0.3, -0.25) is 0 Å². The van der Waals surface area contributed by atoms with Crippen molar-refractivity contribution in [3.05, 3.63) is 102 Å². The monoisotopic (exact) mass is 425 g/mol. The maximum Gasteiger partial charge on any atom is 0.372 e. The highest BCUT2D eigenvalue weighted by Crippen LogP contribution is 2.40. The molecule has 0 amide bonds.